The van der Waals surface area contributed by atoms with Gasteiger partial charge in [0.25, 0.3) is 0 Å². The number of carbonyl (C=O) groups excluding carboxylic acids is 1. The number of nitrogens with one attached hydrogen (secondary N) is 1. The quantitative estimate of drug-likeness (QED) is 0.276. The van der Waals surface area contributed by atoms with Gasteiger partial charge in [-0.1, -0.05) is 0 Å². The fourth-order valence-electron chi connectivity index (χ4n) is 3.04. The molecular weight excluding hydrogens is 280 g/mol. The van der Waals surface area contributed by atoms with Crippen LogP contribution in [0.5, 0.6) is 0 Å². The second kappa shape index (κ2) is 5.61. The van der Waals surface area contributed by atoms with Crippen LogP contribution in [0.2, 0.25) is 0 Å². The average molecular weight is 298 g/mol. The second-order valence-electron chi connectivity index (χ2n) is 5.31. The lowest BCUT2D eigenvalue weighted by molar-refractivity contribution is -0.156. The van der Waals surface area contributed by atoms with Gasteiger partial charge in [0.15, 0.2) is 0 Å². The third kappa shape index (κ3) is 2.38. The molecule has 8 heteroatoms. The molecule has 2 aliphatic rings. The van der Waals surface area contributed by atoms with Crippen molar-refractivity contribution < 1.29 is 30.0 Å². The maximum Gasteiger partial charge on any atom is 0.311 e. The monoisotopic (exact) mass is 298 g/mol. The van der Waals surface area contributed by atoms with Crippen LogP contribution in [0.4, 0.5) is 0 Å². The highest BCUT2D eigenvalue weighted by Gasteiger charge is 2.68. The van der Waals surface area contributed by atoms with E-state index in [-0.39, 0.29) is 6.42 Å². The normalized spacial score (nSPS) is 39.1. The molecule has 2 fully saturated rings. The molecule has 0 bridgehead atoms. The van der Waals surface area contributed by atoms with E-state index >= 15 is 0 Å². The summed E-state index contributed by atoms with van der Waals surface area (Å²) in [5.74, 6) is -0.764. The Kier molecular flexibility index (Phi) is 4.20. The molecule has 7 atom stereocenters. The van der Waals surface area contributed by atoms with Crippen molar-refractivity contribution in [1.29, 1.82) is 0 Å². The topological polar surface area (TPSA) is 130 Å². The maximum atomic E-state index is 12.3. The smallest absolute Gasteiger partial charge is 0.311 e. The number of terminal acetylenes is 1. The van der Waals surface area contributed by atoms with Crippen LogP contribution in [0.1, 0.15) is 6.42 Å². The zero-order valence-corrected chi connectivity index (χ0v) is 11.4. The molecule has 7 unspecified atom stereocenters. The fourth-order valence-corrected chi connectivity index (χ4v) is 3.04. The molecule has 1 amide bonds. The molecule has 0 aromatic carbocycles. The number of rotatable bonds is 4. The number of hydrogen-bond acceptors (Lipinski definition) is 6. The molecule has 1 aliphatic carbocycles. The van der Waals surface area contributed by atoms with Crippen LogP contribution in [-0.4, -0.2) is 80.7 Å². The van der Waals surface area contributed by atoms with Gasteiger partial charge in [0.2, 0.25) is 5.91 Å². The van der Waals surface area contributed by atoms with E-state index < -0.39 is 54.2 Å². The first-order chi connectivity index (χ1) is 9.86. The molecule has 0 aromatic rings. The number of aliphatic hydroxyl groups excluding tert-OH is 3. The van der Waals surface area contributed by atoms with Crippen LogP contribution >= 0.6 is 0 Å². The van der Waals surface area contributed by atoms with Crippen LogP contribution in [0.3, 0.4) is 0 Å². The molecule has 1 heterocycles. The Balaban J connectivity index is 2.23. The minimum Gasteiger partial charge on any atom is -0.481 e. The minimum atomic E-state index is -1.63. The standard InChI is InChI=1S/C13H18N2O6/c1-3-4-5(14-2)12(19)15-7-6(13(20)21)9(16)11(18)10(17)8(7)15/h1,5-11,14,16-18H,4H2,2H3,(H,20,21). The van der Waals surface area contributed by atoms with E-state index in [4.69, 9.17) is 11.5 Å². The van der Waals surface area contributed by atoms with E-state index in [1.165, 1.54) is 4.90 Å². The Morgan fingerprint density at radius 2 is 1.86 bits per heavy atom. The van der Waals surface area contributed by atoms with Crippen molar-refractivity contribution in [3.05, 3.63) is 0 Å². The number of carboxylic acid groups (broad SMARTS) is 1. The first-order valence-corrected chi connectivity index (χ1v) is 6.56. The summed E-state index contributed by atoms with van der Waals surface area (Å²) in [5.41, 5.74) is 0. The van der Waals surface area contributed by atoms with Crippen LogP contribution in [0, 0.1) is 18.3 Å². The maximum absolute atomic E-state index is 12.3. The molecule has 0 spiro atoms. The molecule has 1 aliphatic heterocycles. The predicted molar refractivity (Wildman–Crippen MR) is 69.9 cm³/mol. The highest BCUT2D eigenvalue weighted by molar-refractivity contribution is 5.87. The van der Waals surface area contributed by atoms with Gasteiger partial charge in [-0.2, -0.15) is 0 Å². The van der Waals surface area contributed by atoms with Crippen molar-refractivity contribution >= 4 is 11.9 Å². The van der Waals surface area contributed by atoms with E-state index in [0.29, 0.717) is 0 Å². The van der Waals surface area contributed by atoms with Gasteiger partial charge in [0.05, 0.1) is 24.2 Å². The summed E-state index contributed by atoms with van der Waals surface area (Å²) in [6.45, 7) is 0. The summed E-state index contributed by atoms with van der Waals surface area (Å²) in [6, 6.07) is -2.35. The summed E-state index contributed by atoms with van der Waals surface area (Å²) < 4.78 is 0. The van der Waals surface area contributed by atoms with Gasteiger partial charge in [0, 0.05) is 6.42 Å². The summed E-state index contributed by atoms with van der Waals surface area (Å²) >= 11 is 0. The average Bonchev–Trinajstić information content (AvgIpc) is 3.16. The Hall–Kier alpha value is -1.66. The first-order valence-electron chi connectivity index (χ1n) is 6.56. The number of fused-ring (bicyclic) bond motifs is 1. The zero-order chi connectivity index (χ0) is 15.9. The van der Waals surface area contributed by atoms with Crippen molar-refractivity contribution in [2.75, 3.05) is 7.05 Å². The van der Waals surface area contributed by atoms with Gasteiger partial charge in [0.1, 0.15) is 18.1 Å². The summed E-state index contributed by atoms with van der Waals surface area (Å²) in [7, 11) is 1.54. The van der Waals surface area contributed by atoms with Gasteiger partial charge in [-0.05, 0) is 7.05 Å². The van der Waals surface area contributed by atoms with E-state index in [9.17, 15) is 24.9 Å². The van der Waals surface area contributed by atoms with E-state index in [1.54, 1.807) is 7.05 Å². The number of hydrogen-bond donors (Lipinski definition) is 5. The van der Waals surface area contributed by atoms with Crippen molar-refractivity contribution in [2.24, 2.45) is 5.92 Å². The Morgan fingerprint density at radius 3 is 2.33 bits per heavy atom. The number of aliphatic carboxylic acids is 1. The number of likely N-dealkylation sites (N-methyl/N-ethyl adjacent to an activating group) is 1. The van der Waals surface area contributed by atoms with Crippen molar-refractivity contribution in [2.45, 2.75) is 42.9 Å². The van der Waals surface area contributed by atoms with Crippen molar-refractivity contribution in [1.82, 2.24) is 10.2 Å². The van der Waals surface area contributed by atoms with Crippen molar-refractivity contribution in [3.63, 3.8) is 0 Å². The van der Waals surface area contributed by atoms with Gasteiger partial charge in [-0.25, -0.2) is 0 Å². The van der Waals surface area contributed by atoms with E-state index in [2.05, 4.69) is 11.2 Å². The molecule has 2 rings (SSSR count). The number of carboxylic acids is 1. The van der Waals surface area contributed by atoms with E-state index in [1.807, 2.05) is 0 Å². The zero-order valence-electron chi connectivity index (χ0n) is 11.4. The number of amides is 1. The molecule has 116 valence electrons. The van der Waals surface area contributed by atoms with Crippen LogP contribution in [-0.2, 0) is 9.59 Å². The molecular formula is C13H18N2O6. The van der Waals surface area contributed by atoms with Crippen LogP contribution in [0.15, 0.2) is 0 Å². The Labute approximate surface area is 121 Å². The third-order valence-electron chi connectivity index (χ3n) is 4.20. The largest absolute Gasteiger partial charge is 0.481 e. The Bertz CT molecular complexity index is 490. The number of carbonyl (C=O) groups is 2. The molecule has 1 saturated heterocycles. The molecule has 5 N–H and O–H groups in total. The third-order valence-corrected chi connectivity index (χ3v) is 4.20. The van der Waals surface area contributed by atoms with Gasteiger partial charge in [-0.15, -0.1) is 12.3 Å². The predicted octanol–water partition coefficient (Wildman–Crippen LogP) is -3.03. The lowest BCUT2D eigenvalue weighted by Gasteiger charge is -2.30. The fraction of sp³-hybridized carbons (Fsp3) is 0.692. The van der Waals surface area contributed by atoms with Crippen LogP contribution in [0.25, 0.3) is 0 Å². The summed E-state index contributed by atoms with van der Waals surface area (Å²) in [5, 5.41) is 41.3. The molecule has 21 heavy (non-hydrogen) atoms. The Morgan fingerprint density at radius 1 is 1.24 bits per heavy atom. The SMILES string of the molecule is C#CCC(NC)C(=O)N1C2C(O)C(O)C(O)C(C(=O)O)C21. The lowest BCUT2D eigenvalue weighted by Crippen LogP contribution is -2.53. The summed E-state index contributed by atoms with van der Waals surface area (Å²) in [6.07, 6.45) is 0.673. The highest BCUT2D eigenvalue weighted by Crippen LogP contribution is 2.45. The highest BCUT2D eigenvalue weighted by atomic mass is 16.4. The second-order valence-corrected chi connectivity index (χ2v) is 5.31. The first kappa shape index (κ1) is 15.7. The number of aliphatic hydroxyl groups is 3. The summed E-state index contributed by atoms with van der Waals surface area (Å²) in [4.78, 5) is 24.8. The minimum absolute atomic E-state index is 0.115. The molecule has 1 saturated carbocycles. The van der Waals surface area contributed by atoms with Gasteiger partial charge < -0.3 is 30.6 Å². The van der Waals surface area contributed by atoms with Crippen LogP contribution < -0.4 is 5.32 Å². The van der Waals surface area contributed by atoms with Gasteiger partial charge in [-0.3, -0.25) is 9.59 Å². The molecule has 0 radical (unpaired) electrons. The lowest BCUT2D eigenvalue weighted by atomic mass is 9.83. The van der Waals surface area contributed by atoms with E-state index in [0.717, 1.165) is 0 Å². The molecule has 0 aromatic heterocycles. The number of nitrogens with zero attached hydrogens (tertiary/aromatic N) is 1. The van der Waals surface area contributed by atoms with Crippen molar-refractivity contribution in [3.8, 4) is 12.3 Å². The molecule has 8 nitrogen and oxygen atoms in total. The van der Waals surface area contributed by atoms with Gasteiger partial charge >= 0.3 is 5.97 Å². The number of likely N-dealkylation sites (tertiary alicyclic amines) is 1.